The summed E-state index contributed by atoms with van der Waals surface area (Å²) in [5, 5.41) is 5.61. The van der Waals surface area contributed by atoms with E-state index in [2.05, 4.69) is 15.4 Å². The Bertz CT molecular complexity index is 64.3. The molecule has 0 fully saturated rings. The van der Waals surface area contributed by atoms with Gasteiger partial charge in [-0.1, -0.05) is 0 Å². The molecule has 0 radical (unpaired) electrons. The van der Waals surface area contributed by atoms with Crippen molar-refractivity contribution in [3.63, 3.8) is 0 Å². The van der Waals surface area contributed by atoms with Crippen molar-refractivity contribution >= 4 is 0 Å². The molecule has 4 heteroatoms. The summed E-state index contributed by atoms with van der Waals surface area (Å²) in [5.41, 5.74) is 6.21. The van der Waals surface area contributed by atoms with Crippen LogP contribution in [0.4, 0.5) is 0 Å². The largest absolute Gasteiger partial charge is 0.364 e. The maximum absolute atomic E-state index is 6.21. The van der Waals surface area contributed by atoms with Crippen molar-refractivity contribution in [2.24, 2.45) is 5.28 Å². The van der Waals surface area contributed by atoms with Gasteiger partial charge in [0, 0.05) is 11.3 Å². The second-order valence-corrected chi connectivity index (χ2v) is 1.72. The van der Waals surface area contributed by atoms with E-state index in [0.29, 0.717) is 12.8 Å². The minimum absolute atomic E-state index is 0.321. The molecule has 0 atom stereocenters. The van der Waals surface area contributed by atoms with Crippen LogP contribution in [-0.2, 0) is 4.84 Å². The average Bonchev–Trinajstić information content (AvgIpc) is 1.66. The Balaban J connectivity index is 2.81. The van der Waals surface area contributed by atoms with Crippen molar-refractivity contribution in [1.29, 1.82) is 5.53 Å². The van der Waals surface area contributed by atoms with Gasteiger partial charge in [0.15, 0.2) is 6.73 Å². The molecule has 0 heterocycles. The molecule has 0 aromatic heterocycles. The summed E-state index contributed by atoms with van der Waals surface area (Å²) in [4.78, 5) is 4.32. The Morgan fingerprint density at radius 1 is 1.75 bits per heavy atom. The normalized spacial score (nSPS) is 9.38. The highest BCUT2D eigenvalue weighted by Gasteiger charge is 1.87. The van der Waals surface area contributed by atoms with Gasteiger partial charge in [0.05, 0.1) is 0 Å². The first kappa shape index (κ1) is 7.36. The Morgan fingerprint density at radius 3 is 2.75 bits per heavy atom. The van der Waals surface area contributed by atoms with Crippen molar-refractivity contribution in [1.82, 2.24) is 5.32 Å². The molecule has 0 saturated carbocycles. The summed E-state index contributed by atoms with van der Waals surface area (Å²) in [6.45, 7) is 4.31. The van der Waals surface area contributed by atoms with Crippen molar-refractivity contribution in [2.45, 2.75) is 19.9 Å². The van der Waals surface area contributed by atoms with E-state index >= 15 is 0 Å². The smallest absolute Gasteiger partial charge is 0.170 e. The molecule has 4 nitrogen and oxygen atoms in total. The van der Waals surface area contributed by atoms with E-state index in [1.807, 2.05) is 13.8 Å². The van der Waals surface area contributed by atoms with Crippen LogP contribution in [0.3, 0.4) is 0 Å². The van der Waals surface area contributed by atoms with Crippen LogP contribution in [0.2, 0.25) is 0 Å². The zero-order valence-corrected chi connectivity index (χ0v) is 5.14. The number of rotatable bonds is 4. The van der Waals surface area contributed by atoms with Crippen LogP contribution in [0.1, 0.15) is 13.8 Å². The van der Waals surface area contributed by atoms with Gasteiger partial charge in [-0.05, 0) is 13.8 Å². The predicted molar refractivity (Wildman–Crippen MR) is 29.4 cm³/mol. The molecule has 0 unspecified atom stereocenters. The fourth-order valence-corrected chi connectivity index (χ4v) is 0.236. The Morgan fingerprint density at radius 2 is 2.38 bits per heavy atom. The summed E-state index contributed by atoms with van der Waals surface area (Å²) < 4.78 is 0. The molecule has 0 rings (SSSR count). The molecular formula is C4H11N3O. The van der Waals surface area contributed by atoms with Crippen LogP contribution >= 0.6 is 0 Å². The standard InChI is InChI=1S/C4H11N3O/c1-4(2)6-3-8-7-5/h4-6H,3H2,1-2H3. The van der Waals surface area contributed by atoms with Gasteiger partial charge in [0.1, 0.15) is 0 Å². The Hall–Kier alpha value is -0.640. The summed E-state index contributed by atoms with van der Waals surface area (Å²) in [5.74, 6) is 0. The molecule has 0 spiro atoms. The van der Waals surface area contributed by atoms with Crippen molar-refractivity contribution in [2.75, 3.05) is 6.73 Å². The van der Waals surface area contributed by atoms with E-state index in [0.717, 1.165) is 0 Å². The zero-order valence-electron chi connectivity index (χ0n) is 5.14. The van der Waals surface area contributed by atoms with Crippen LogP contribution in [0.25, 0.3) is 0 Å². The third kappa shape index (κ3) is 5.36. The molecule has 8 heavy (non-hydrogen) atoms. The van der Waals surface area contributed by atoms with Gasteiger partial charge in [-0.15, -0.1) is 0 Å². The number of nitrogens with one attached hydrogen (secondary N) is 2. The average molecular weight is 117 g/mol. The zero-order chi connectivity index (χ0) is 6.41. The maximum atomic E-state index is 6.21. The molecule has 0 aromatic carbocycles. The second-order valence-electron chi connectivity index (χ2n) is 1.72. The van der Waals surface area contributed by atoms with Gasteiger partial charge in [0.25, 0.3) is 0 Å². The van der Waals surface area contributed by atoms with E-state index in [4.69, 9.17) is 5.53 Å². The van der Waals surface area contributed by atoms with E-state index < -0.39 is 0 Å². The second kappa shape index (κ2) is 4.52. The summed E-state index contributed by atoms with van der Waals surface area (Å²) in [7, 11) is 0. The summed E-state index contributed by atoms with van der Waals surface area (Å²) >= 11 is 0. The third-order valence-corrected chi connectivity index (χ3v) is 0.621. The van der Waals surface area contributed by atoms with Gasteiger partial charge in [-0.3, -0.25) is 5.32 Å². The van der Waals surface area contributed by atoms with E-state index in [1.54, 1.807) is 0 Å². The van der Waals surface area contributed by atoms with Crippen molar-refractivity contribution < 1.29 is 4.84 Å². The summed E-state index contributed by atoms with van der Waals surface area (Å²) in [6, 6.07) is 0.386. The van der Waals surface area contributed by atoms with E-state index in [1.165, 1.54) is 0 Å². The monoisotopic (exact) mass is 117 g/mol. The van der Waals surface area contributed by atoms with Gasteiger partial charge < -0.3 is 4.84 Å². The third-order valence-electron chi connectivity index (χ3n) is 0.621. The van der Waals surface area contributed by atoms with Gasteiger partial charge in [-0.25, -0.2) is 0 Å². The van der Waals surface area contributed by atoms with Gasteiger partial charge >= 0.3 is 0 Å². The number of nitrogens with zero attached hydrogens (tertiary/aromatic N) is 1. The lowest BCUT2D eigenvalue weighted by Crippen LogP contribution is -2.24. The van der Waals surface area contributed by atoms with Crippen molar-refractivity contribution in [3.8, 4) is 0 Å². The van der Waals surface area contributed by atoms with Gasteiger partial charge in [-0.2, -0.15) is 5.53 Å². The molecule has 0 amide bonds. The lowest BCUT2D eigenvalue weighted by atomic mass is 10.4. The van der Waals surface area contributed by atoms with E-state index in [-0.39, 0.29) is 0 Å². The fraction of sp³-hybridized carbons (Fsp3) is 1.00. The predicted octanol–water partition coefficient (Wildman–Crippen LogP) is 0.904. The fourth-order valence-electron chi connectivity index (χ4n) is 0.236. The molecule has 48 valence electrons. The van der Waals surface area contributed by atoms with Crippen LogP contribution in [-0.4, -0.2) is 12.8 Å². The van der Waals surface area contributed by atoms with Crippen LogP contribution in [0, 0.1) is 5.53 Å². The molecule has 0 aliphatic heterocycles. The quantitative estimate of drug-likeness (QED) is 0.249. The highest BCUT2D eigenvalue weighted by atomic mass is 16.6. The topological polar surface area (TPSA) is 57.5 Å². The molecule has 0 bridgehead atoms. The Labute approximate surface area is 48.7 Å². The number of hydrogen-bond donors (Lipinski definition) is 2. The highest BCUT2D eigenvalue weighted by Crippen LogP contribution is 1.75. The maximum Gasteiger partial charge on any atom is 0.170 e. The van der Waals surface area contributed by atoms with Crippen LogP contribution in [0.5, 0.6) is 0 Å². The van der Waals surface area contributed by atoms with Gasteiger partial charge in [0.2, 0.25) is 0 Å². The van der Waals surface area contributed by atoms with Crippen LogP contribution in [0.15, 0.2) is 5.28 Å². The molecule has 0 aliphatic rings. The SMILES string of the molecule is CC(C)NCON=N. The number of hydrogen-bond acceptors (Lipinski definition) is 4. The first-order chi connectivity index (χ1) is 3.77. The molecule has 0 aliphatic carbocycles. The summed E-state index contributed by atoms with van der Waals surface area (Å²) in [6.07, 6.45) is 0. The molecule has 0 aromatic rings. The first-order valence-electron chi connectivity index (χ1n) is 2.49. The van der Waals surface area contributed by atoms with Crippen molar-refractivity contribution in [3.05, 3.63) is 0 Å². The lowest BCUT2D eigenvalue weighted by molar-refractivity contribution is 0.0948. The Kier molecular flexibility index (Phi) is 4.16. The molecule has 2 N–H and O–H groups in total. The minimum atomic E-state index is 0.321. The lowest BCUT2D eigenvalue weighted by Gasteiger charge is -2.03. The first-order valence-corrected chi connectivity index (χ1v) is 2.49. The molecule has 0 saturated heterocycles. The van der Waals surface area contributed by atoms with Crippen LogP contribution < -0.4 is 5.32 Å². The molecular weight excluding hydrogens is 106 g/mol. The minimum Gasteiger partial charge on any atom is -0.364 e. The van der Waals surface area contributed by atoms with E-state index in [9.17, 15) is 0 Å². The highest BCUT2D eigenvalue weighted by molar-refractivity contribution is 4.44.